The number of nitrogens with two attached hydrogens (primary N) is 2. The average Bonchev–Trinajstić information content (AvgIpc) is 3.80. The van der Waals surface area contributed by atoms with Crippen molar-refractivity contribution >= 4 is 65.0 Å². The summed E-state index contributed by atoms with van der Waals surface area (Å²) in [6.07, 6.45) is 1.21. The number of carbonyl (C=O) groups excluding carboxylic acids is 10. The quantitative estimate of drug-likeness (QED) is 0.0211. The first-order valence-electron chi connectivity index (χ1n) is 24.9. The Kier molecular flexibility index (Phi) is 27.8. The van der Waals surface area contributed by atoms with Gasteiger partial charge in [0.1, 0.15) is 48.3 Å². The number of likely N-dealkylation sites (N-methyl/N-ethyl adjacent to an activating group) is 2. The maximum Gasteiger partial charge on any atom is 0.245 e. The standard InChI is InChI=1S/C47H85N13O11/c1-13-19-31(40(65)56-36(26(7)14-2)43(68)54-32(20-17-22-51-47(48)49)46(71)60-23-18-21-33(60)41(66)50-16-4)53-45(70)38(29(10)61)58-44(69)37(27(8)15-3)57-42(67)35(25(5)6)55-39(64)28(9)52-34(63)24-59(12)30(11)62/h25-29,31-33,35-38,61H,13-24H2,1-12H3,(H,50,66)(H,52,63)(H,53,70)(H,54,68)(H,55,64)(H,56,65)(H,57,67)(H,58,69)(H4,48,49,51)/t26-,27-,28-,29+,31-,32-,33-,35-,36-,37+,38-/m0/s1. The van der Waals surface area contributed by atoms with Crippen LogP contribution in [0.3, 0.4) is 0 Å². The number of likely N-dealkylation sites (tertiary alicyclic amines) is 1. The Morgan fingerprint density at radius 3 is 1.69 bits per heavy atom. The number of rotatable bonds is 30. The molecule has 0 bridgehead atoms. The van der Waals surface area contributed by atoms with Crippen LogP contribution in [-0.2, 0) is 47.9 Å². The number of nitrogens with one attached hydrogen (secondary N) is 8. The van der Waals surface area contributed by atoms with Crippen LogP contribution in [-0.4, -0.2) is 168 Å². The van der Waals surface area contributed by atoms with E-state index in [0.29, 0.717) is 51.6 Å². The molecule has 404 valence electrons. The van der Waals surface area contributed by atoms with Gasteiger partial charge in [-0.05, 0) is 70.6 Å². The number of aliphatic imine (C=N–C) groups is 1. The van der Waals surface area contributed by atoms with Crippen LogP contribution in [0.4, 0.5) is 0 Å². The molecule has 11 atom stereocenters. The summed E-state index contributed by atoms with van der Waals surface area (Å²) >= 11 is 0. The summed E-state index contributed by atoms with van der Waals surface area (Å²) in [5, 5.41) is 32.1. The van der Waals surface area contributed by atoms with E-state index in [1.54, 1.807) is 48.5 Å². The molecule has 0 aromatic rings. The monoisotopic (exact) mass is 1010 g/mol. The third kappa shape index (κ3) is 20.7. The van der Waals surface area contributed by atoms with Crippen LogP contribution in [0.1, 0.15) is 128 Å². The minimum atomic E-state index is -1.63. The molecule has 1 rings (SSSR count). The van der Waals surface area contributed by atoms with Crippen molar-refractivity contribution in [2.24, 2.45) is 34.2 Å². The van der Waals surface area contributed by atoms with Gasteiger partial charge >= 0.3 is 0 Å². The first-order chi connectivity index (χ1) is 33.3. The number of hydrogen-bond acceptors (Lipinski definition) is 12. The highest BCUT2D eigenvalue weighted by Crippen LogP contribution is 2.21. The lowest BCUT2D eigenvalue weighted by Gasteiger charge is -2.32. The molecular weight excluding hydrogens is 923 g/mol. The molecule has 1 aliphatic heterocycles. The molecule has 71 heavy (non-hydrogen) atoms. The van der Waals surface area contributed by atoms with Crippen LogP contribution in [0, 0.1) is 17.8 Å². The summed E-state index contributed by atoms with van der Waals surface area (Å²) < 4.78 is 0. The maximum atomic E-state index is 14.2. The van der Waals surface area contributed by atoms with Crippen LogP contribution in [0.2, 0.25) is 0 Å². The average molecular weight is 1010 g/mol. The molecule has 0 saturated carbocycles. The summed E-state index contributed by atoms with van der Waals surface area (Å²) in [7, 11) is 1.43. The first-order valence-corrected chi connectivity index (χ1v) is 24.9. The molecule has 1 fully saturated rings. The van der Waals surface area contributed by atoms with Gasteiger partial charge in [0.25, 0.3) is 0 Å². The molecule has 0 spiro atoms. The van der Waals surface area contributed by atoms with Gasteiger partial charge in [-0.1, -0.05) is 67.7 Å². The highest BCUT2D eigenvalue weighted by atomic mass is 16.3. The predicted molar refractivity (Wildman–Crippen MR) is 266 cm³/mol. The fraction of sp³-hybridized carbons (Fsp3) is 0.766. The molecule has 24 nitrogen and oxygen atoms in total. The number of hydrogen-bond donors (Lipinski definition) is 11. The molecule has 13 N–H and O–H groups in total. The van der Waals surface area contributed by atoms with Crippen LogP contribution in [0.25, 0.3) is 0 Å². The van der Waals surface area contributed by atoms with Gasteiger partial charge in [0.05, 0.1) is 12.6 Å². The Labute approximate surface area is 418 Å². The van der Waals surface area contributed by atoms with E-state index in [1.165, 1.54) is 32.7 Å². The number of nitrogens with zero attached hydrogens (tertiary/aromatic N) is 3. The summed E-state index contributed by atoms with van der Waals surface area (Å²) in [5.74, 6) is -7.98. The molecular formula is C47H85N13O11. The molecule has 10 amide bonds. The normalized spacial score (nSPS) is 17.5. The SMILES string of the molecule is CCC[C@H](NC(=O)[C@@H](NC(=O)[C@H](NC(=O)[C@@H](NC(=O)[C@H](C)NC(=O)CN(C)C(C)=O)C(C)C)[C@@H](C)CC)[C@@H](C)O)C(=O)N[C@H](C(=O)N[C@@H](CCCN=C(N)N)C(=O)N1CCC[C@H]1C(=O)NCC)[C@@H](C)CC. The van der Waals surface area contributed by atoms with E-state index in [0.717, 1.165) is 4.90 Å². The molecule has 1 saturated heterocycles. The Hall–Kier alpha value is -6.07. The molecule has 0 unspecified atom stereocenters. The van der Waals surface area contributed by atoms with Crippen molar-refractivity contribution in [2.45, 2.75) is 182 Å². The first kappa shape index (κ1) is 62.9. The smallest absolute Gasteiger partial charge is 0.245 e. The predicted octanol–water partition coefficient (Wildman–Crippen LogP) is -2.01. The minimum absolute atomic E-state index is 0.0839. The van der Waals surface area contributed by atoms with Crippen molar-refractivity contribution in [3.63, 3.8) is 0 Å². The van der Waals surface area contributed by atoms with Crippen LogP contribution in [0.15, 0.2) is 4.99 Å². The van der Waals surface area contributed by atoms with Gasteiger partial charge < -0.3 is 68.9 Å². The van der Waals surface area contributed by atoms with E-state index in [9.17, 15) is 53.1 Å². The van der Waals surface area contributed by atoms with Gasteiger partial charge in [0, 0.05) is 33.6 Å². The van der Waals surface area contributed by atoms with Gasteiger partial charge in [-0.25, -0.2) is 0 Å². The maximum absolute atomic E-state index is 14.2. The number of guanidine groups is 1. The van der Waals surface area contributed by atoms with E-state index in [4.69, 9.17) is 11.5 Å². The number of aliphatic hydroxyl groups is 1. The largest absolute Gasteiger partial charge is 0.391 e. The lowest BCUT2D eigenvalue weighted by atomic mass is 9.95. The van der Waals surface area contributed by atoms with Gasteiger partial charge in [0.2, 0.25) is 59.1 Å². The summed E-state index contributed by atoms with van der Waals surface area (Å²) in [6.45, 7) is 18.4. The van der Waals surface area contributed by atoms with Gasteiger partial charge in [-0.15, -0.1) is 0 Å². The second kappa shape index (κ2) is 31.3. The lowest BCUT2D eigenvalue weighted by molar-refractivity contribution is -0.142. The minimum Gasteiger partial charge on any atom is -0.391 e. The van der Waals surface area contributed by atoms with Crippen LogP contribution >= 0.6 is 0 Å². The van der Waals surface area contributed by atoms with E-state index < -0.39 is 119 Å². The number of aliphatic hydroxyl groups excluding tert-OH is 1. The number of amides is 10. The van der Waals surface area contributed by atoms with Crippen molar-refractivity contribution in [2.75, 3.05) is 33.2 Å². The van der Waals surface area contributed by atoms with Crippen LogP contribution < -0.4 is 54.0 Å². The Morgan fingerprint density at radius 2 is 1.18 bits per heavy atom. The molecule has 24 heteroatoms. The molecule has 0 aliphatic carbocycles. The Bertz CT molecular complexity index is 1860. The van der Waals surface area contributed by atoms with Crippen molar-refractivity contribution in [3.05, 3.63) is 0 Å². The summed E-state index contributed by atoms with van der Waals surface area (Å²) in [6, 6.07) is -9.44. The molecule has 0 aromatic heterocycles. The summed E-state index contributed by atoms with van der Waals surface area (Å²) in [4.78, 5) is 141. The number of carbonyl (C=O) groups is 10. The fourth-order valence-electron chi connectivity index (χ4n) is 7.68. The van der Waals surface area contributed by atoms with Crippen molar-refractivity contribution in [3.8, 4) is 0 Å². The highest BCUT2D eigenvalue weighted by Gasteiger charge is 2.40. The van der Waals surface area contributed by atoms with Gasteiger partial charge in [-0.3, -0.25) is 52.9 Å². The molecule has 1 aliphatic rings. The van der Waals surface area contributed by atoms with Crippen molar-refractivity contribution in [1.82, 2.24) is 52.3 Å². The topological polar surface area (TPSA) is 358 Å². The molecule has 0 aromatic carbocycles. The second-order valence-corrected chi connectivity index (χ2v) is 18.8. The second-order valence-electron chi connectivity index (χ2n) is 18.8. The molecule has 0 radical (unpaired) electrons. The van der Waals surface area contributed by atoms with Crippen molar-refractivity contribution < 1.29 is 53.1 Å². The fourth-order valence-corrected chi connectivity index (χ4v) is 7.68. The van der Waals surface area contributed by atoms with Crippen molar-refractivity contribution in [1.29, 1.82) is 0 Å². The zero-order valence-corrected chi connectivity index (χ0v) is 43.9. The summed E-state index contributed by atoms with van der Waals surface area (Å²) in [5.41, 5.74) is 11.0. The van der Waals surface area contributed by atoms with Crippen LogP contribution in [0.5, 0.6) is 0 Å². The Morgan fingerprint density at radius 1 is 0.676 bits per heavy atom. The highest BCUT2D eigenvalue weighted by molar-refractivity contribution is 5.98. The third-order valence-corrected chi connectivity index (χ3v) is 12.5. The lowest BCUT2D eigenvalue weighted by Crippen LogP contribution is -2.63. The third-order valence-electron chi connectivity index (χ3n) is 12.5. The van der Waals surface area contributed by atoms with E-state index in [2.05, 4.69) is 47.5 Å². The van der Waals surface area contributed by atoms with Gasteiger partial charge in [0.15, 0.2) is 5.96 Å². The zero-order valence-electron chi connectivity index (χ0n) is 43.9. The molecule has 1 heterocycles. The zero-order chi connectivity index (χ0) is 54.3. The van der Waals surface area contributed by atoms with E-state index in [-0.39, 0.29) is 43.7 Å². The van der Waals surface area contributed by atoms with E-state index in [1.807, 2.05) is 6.92 Å². The van der Waals surface area contributed by atoms with E-state index >= 15 is 0 Å². The Balaban J connectivity index is 3.33. The van der Waals surface area contributed by atoms with Gasteiger partial charge in [-0.2, -0.15) is 0 Å².